The van der Waals surface area contributed by atoms with Gasteiger partial charge in [-0.3, -0.25) is 0 Å². The lowest BCUT2D eigenvalue weighted by atomic mass is 10.2. The monoisotopic (exact) mass is 638 g/mol. The summed E-state index contributed by atoms with van der Waals surface area (Å²) in [6.45, 7) is -1.71. The van der Waals surface area contributed by atoms with Crippen LogP contribution < -0.4 is 20.9 Å². The molecule has 3 aromatic carbocycles. The van der Waals surface area contributed by atoms with Gasteiger partial charge in [-0.2, -0.15) is 22.0 Å². The smallest absolute Gasteiger partial charge is 0.426 e. The van der Waals surface area contributed by atoms with Gasteiger partial charge in [-0.05, 0) is 79.1 Å². The predicted molar refractivity (Wildman–Crippen MR) is 155 cm³/mol. The molecule has 0 aliphatic rings. The SMILES string of the molecule is Nc1cc(N)cc(C(=O)OCCCCOC(=O)C=Cc2ccc(OC(F)(F)c3ccc(OCCOCC(F)(F)F)cc3)cc2)c1. The maximum absolute atomic E-state index is 14.6. The van der Waals surface area contributed by atoms with E-state index in [1.165, 1.54) is 66.7 Å². The van der Waals surface area contributed by atoms with Crippen LogP contribution in [-0.4, -0.2) is 51.1 Å². The van der Waals surface area contributed by atoms with Gasteiger partial charge in [0, 0.05) is 17.5 Å². The molecule has 0 aliphatic heterocycles. The molecular formula is C31H31F5N2O7. The first-order valence-electron chi connectivity index (χ1n) is 13.5. The van der Waals surface area contributed by atoms with E-state index in [1.807, 2.05) is 0 Å². The number of carbonyl (C=O) groups is 2. The molecule has 0 amide bonds. The lowest BCUT2D eigenvalue weighted by Gasteiger charge is -2.18. The summed E-state index contributed by atoms with van der Waals surface area (Å²) in [5, 5.41) is 0. The summed E-state index contributed by atoms with van der Waals surface area (Å²) >= 11 is 0. The van der Waals surface area contributed by atoms with E-state index in [4.69, 9.17) is 30.4 Å². The van der Waals surface area contributed by atoms with E-state index in [1.54, 1.807) is 0 Å². The van der Waals surface area contributed by atoms with Gasteiger partial charge in [0.25, 0.3) is 0 Å². The zero-order valence-corrected chi connectivity index (χ0v) is 23.9. The van der Waals surface area contributed by atoms with Crippen molar-refractivity contribution in [2.75, 3.05) is 44.5 Å². The number of benzene rings is 3. The number of rotatable bonds is 16. The Morgan fingerprint density at radius 1 is 0.733 bits per heavy atom. The summed E-state index contributed by atoms with van der Waals surface area (Å²) in [6.07, 6.45) is -4.62. The largest absolute Gasteiger partial charge is 0.491 e. The number of ether oxygens (including phenoxy) is 5. The molecule has 4 N–H and O–H groups in total. The maximum Gasteiger partial charge on any atom is 0.426 e. The molecule has 45 heavy (non-hydrogen) atoms. The number of alkyl halides is 5. The van der Waals surface area contributed by atoms with Crippen LogP contribution in [0.3, 0.4) is 0 Å². The number of anilines is 2. The molecule has 0 saturated heterocycles. The highest BCUT2D eigenvalue weighted by Crippen LogP contribution is 2.32. The summed E-state index contributed by atoms with van der Waals surface area (Å²) in [4.78, 5) is 24.0. The molecule has 9 nitrogen and oxygen atoms in total. The summed E-state index contributed by atoms with van der Waals surface area (Å²) in [6, 6.07) is 14.6. The molecule has 0 aliphatic carbocycles. The first kappa shape index (κ1) is 34.6. The third kappa shape index (κ3) is 12.7. The third-order valence-electron chi connectivity index (χ3n) is 5.72. The zero-order chi connectivity index (χ0) is 32.9. The van der Waals surface area contributed by atoms with Crippen LogP contribution in [0.4, 0.5) is 33.3 Å². The molecule has 3 rings (SSSR count). The Hall–Kier alpha value is -4.85. The van der Waals surface area contributed by atoms with Crippen molar-refractivity contribution in [2.24, 2.45) is 0 Å². The van der Waals surface area contributed by atoms with E-state index < -0.39 is 36.4 Å². The molecular weight excluding hydrogens is 607 g/mol. The lowest BCUT2D eigenvalue weighted by Crippen LogP contribution is -2.21. The van der Waals surface area contributed by atoms with Gasteiger partial charge in [-0.25, -0.2) is 9.59 Å². The van der Waals surface area contributed by atoms with Crippen LogP contribution in [0, 0.1) is 0 Å². The molecule has 14 heteroatoms. The van der Waals surface area contributed by atoms with Crippen LogP contribution >= 0.6 is 0 Å². The summed E-state index contributed by atoms with van der Waals surface area (Å²) in [5.41, 5.74) is 12.3. The van der Waals surface area contributed by atoms with E-state index >= 15 is 0 Å². The second kappa shape index (κ2) is 16.3. The van der Waals surface area contributed by atoms with E-state index in [2.05, 4.69) is 4.74 Å². The average Bonchev–Trinajstić information content (AvgIpc) is 2.97. The van der Waals surface area contributed by atoms with Gasteiger partial charge in [-0.1, -0.05) is 12.1 Å². The van der Waals surface area contributed by atoms with Crippen molar-refractivity contribution in [2.45, 2.75) is 25.1 Å². The molecule has 3 aromatic rings. The number of halogens is 5. The average molecular weight is 639 g/mol. The Balaban J connectivity index is 1.35. The predicted octanol–water partition coefficient (Wildman–Crippen LogP) is 6.13. The second-order valence-corrected chi connectivity index (χ2v) is 9.46. The van der Waals surface area contributed by atoms with Crippen molar-refractivity contribution < 1.29 is 55.2 Å². The minimum absolute atomic E-state index is 0.0945. The van der Waals surface area contributed by atoms with Crippen LogP contribution in [0.15, 0.2) is 72.8 Å². The fourth-order valence-corrected chi connectivity index (χ4v) is 3.64. The standard InChI is InChI=1S/C31H31F5N2O7/c32-30(33,34)20-41-15-16-42-26-10-6-23(7-11-26)31(35,36)45-27-8-3-21(4-9-27)5-12-28(39)43-13-1-2-14-44-29(40)22-17-24(37)19-25(38)18-22/h3-12,17-19H,1-2,13-16,20,37-38H2. The van der Waals surface area contributed by atoms with Gasteiger partial charge in [0.15, 0.2) is 0 Å². The van der Waals surface area contributed by atoms with Crippen molar-refractivity contribution in [3.8, 4) is 11.5 Å². The lowest BCUT2D eigenvalue weighted by molar-refractivity contribution is -0.185. The van der Waals surface area contributed by atoms with Crippen LogP contribution in [0.1, 0.15) is 34.3 Å². The Morgan fingerprint density at radius 3 is 1.96 bits per heavy atom. The van der Waals surface area contributed by atoms with Gasteiger partial charge in [-0.15, -0.1) is 0 Å². The Morgan fingerprint density at radius 2 is 1.33 bits per heavy atom. The number of hydrogen-bond donors (Lipinski definition) is 2. The fourth-order valence-electron chi connectivity index (χ4n) is 3.64. The van der Waals surface area contributed by atoms with Crippen molar-refractivity contribution in [3.05, 3.63) is 89.5 Å². The van der Waals surface area contributed by atoms with Crippen LogP contribution in [0.5, 0.6) is 11.5 Å². The van der Waals surface area contributed by atoms with Crippen molar-refractivity contribution in [1.82, 2.24) is 0 Å². The molecule has 0 heterocycles. The van der Waals surface area contributed by atoms with E-state index in [0.29, 0.717) is 29.8 Å². The number of hydrogen-bond acceptors (Lipinski definition) is 9. The molecule has 0 atom stereocenters. The van der Waals surface area contributed by atoms with E-state index in [-0.39, 0.29) is 43.5 Å². The van der Waals surface area contributed by atoms with Crippen molar-refractivity contribution >= 4 is 29.4 Å². The van der Waals surface area contributed by atoms with Gasteiger partial charge < -0.3 is 35.2 Å². The molecule has 0 bridgehead atoms. The topological polar surface area (TPSA) is 132 Å². The third-order valence-corrected chi connectivity index (χ3v) is 5.72. The molecule has 0 unspecified atom stereocenters. The molecule has 0 saturated carbocycles. The van der Waals surface area contributed by atoms with Crippen molar-refractivity contribution in [1.29, 1.82) is 0 Å². The Kier molecular flexibility index (Phi) is 12.5. The van der Waals surface area contributed by atoms with Gasteiger partial charge >= 0.3 is 24.2 Å². The van der Waals surface area contributed by atoms with E-state index in [9.17, 15) is 31.5 Å². The zero-order valence-electron chi connectivity index (χ0n) is 23.9. The maximum atomic E-state index is 14.6. The summed E-state index contributed by atoms with van der Waals surface area (Å²) in [5.74, 6) is -1.15. The fraction of sp³-hybridized carbons (Fsp3) is 0.290. The van der Waals surface area contributed by atoms with Crippen LogP contribution in [-0.2, 0) is 25.1 Å². The van der Waals surface area contributed by atoms with Crippen LogP contribution in [0.2, 0.25) is 0 Å². The minimum Gasteiger partial charge on any atom is -0.491 e. The highest BCUT2D eigenvalue weighted by atomic mass is 19.4. The number of nitrogen functional groups attached to an aromatic ring is 2. The first-order chi connectivity index (χ1) is 21.3. The molecule has 0 radical (unpaired) electrons. The summed E-state index contributed by atoms with van der Waals surface area (Å²) in [7, 11) is 0. The second-order valence-electron chi connectivity index (χ2n) is 9.46. The van der Waals surface area contributed by atoms with Gasteiger partial charge in [0.2, 0.25) is 0 Å². The molecule has 242 valence electrons. The van der Waals surface area contributed by atoms with Crippen LogP contribution in [0.25, 0.3) is 6.08 Å². The molecule has 0 aromatic heterocycles. The Bertz CT molecular complexity index is 1410. The first-order valence-corrected chi connectivity index (χ1v) is 13.5. The quantitative estimate of drug-likeness (QED) is 0.0625. The number of esters is 2. The Labute approximate surface area is 255 Å². The molecule has 0 spiro atoms. The van der Waals surface area contributed by atoms with Gasteiger partial charge in [0.1, 0.15) is 24.7 Å². The summed E-state index contributed by atoms with van der Waals surface area (Å²) < 4.78 is 90.1. The van der Waals surface area contributed by atoms with E-state index in [0.717, 1.165) is 12.1 Å². The van der Waals surface area contributed by atoms with Gasteiger partial charge in [0.05, 0.1) is 30.9 Å². The number of carbonyl (C=O) groups excluding carboxylic acids is 2. The number of unbranched alkanes of at least 4 members (excludes halogenated alkanes) is 1. The highest BCUT2D eigenvalue weighted by molar-refractivity contribution is 5.91. The normalized spacial score (nSPS) is 11.8. The molecule has 0 fully saturated rings. The highest BCUT2D eigenvalue weighted by Gasteiger charge is 2.34. The minimum atomic E-state index is -4.45. The number of nitrogens with two attached hydrogens (primary N) is 2. The van der Waals surface area contributed by atoms with Crippen molar-refractivity contribution in [3.63, 3.8) is 0 Å².